The van der Waals surface area contributed by atoms with Gasteiger partial charge in [-0.05, 0) is 45.4 Å². The van der Waals surface area contributed by atoms with Crippen LogP contribution in [0.2, 0.25) is 0 Å². The highest BCUT2D eigenvalue weighted by Gasteiger charge is 2.25. The van der Waals surface area contributed by atoms with Crippen molar-refractivity contribution in [2.45, 2.75) is 141 Å². The molecule has 7 N–H and O–H groups in total. The molecule has 21 heteroatoms. The molecule has 0 rings (SSSR count). The SMILES string of the molecule is CC(=O)CC[C@H](NC(=O)CC[C@H](CC(=O)COCCOCCNC(=O)COCCOCCCC(=O)CC[C@H](NC(=O)CCCCCCCCCCC(=O)O)C(=O)O)C(=O)O)C(=O)O. The summed E-state index contributed by atoms with van der Waals surface area (Å²) in [5.74, 6) is -8.16. The van der Waals surface area contributed by atoms with E-state index < -0.39 is 65.9 Å². The van der Waals surface area contributed by atoms with Crippen LogP contribution in [0.3, 0.4) is 0 Å². The Kier molecular flexibility index (Phi) is 34.8. The zero-order valence-corrected chi connectivity index (χ0v) is 36.5. The van der Waals surface area contributed by atoms with E-state index in [4.69, 9.17) is 24.1 Å². The lowest BCUT2D eigenvalue weighted by molar-refractivity contribution is -0.145. The molecule has 0 heterocycles. The Balaban J connectivity index is 3.90. The van der Waals surface area contributed by atoms with E-state index in [0.717, 1.165) is 38.5 Å². The summed E-state index contributed by atoms with van der Waals surface area (Å²) in [6.07, 6.45) is 6.83. The topological polar surface area (TPSA) is 325 Å². The Morgan fingerprint density at radius 2 is 0.952 bits per heavy atom. The summed E-state index contributed by atoms with van der Waals surface area (Å²) in [6, 6.07) is -2.44. The molecular weight excluding hydrogens is 834 g/mol. The van der Waals surface area contributed by atoms with Crippen LogP contribution >= 0.6 is 0 Å². The van der Waals surface area contributed by atoms with Crippen molar-refractivity contribution in [3.63, 3.8) is 0 Å². The van der Waals surface area contributed by atoms with Crippen molar-refractivity contribution in [1.82, 2.24) is 16.0 Å². The minimum atomic E-state index is -1.32. The van der Waals surface area contributed by atoms with Gasteiger partial charge in [0, 0.05) is 58.1 Å². The number of ketones is 3. The molecule has 0 aromatic carbocycles. The molecule has 21 nitrogen and oxygen atoms in total. The van der Waals surface area contributed by atoms with E-state index in [0.29, 0.717) is 19.3 Å². The van der Waals surface area contributed by atoms with Gasteiger partial charge in [0.15, 0.2) is 5.78 Å². The molecule has 0 spiro atoms. The van der Waals surface area contributed by atoms with Crippen LogP contribution in [0.5, 0.6) is 0 Å². The number of amides is 3. The number of carboxylic acid groups (broad SMARTS) is 4. The largest absolute Gasteiger partial charge is 0.481 e. The number of nitrogens with one attached hydrogen (secondary N) is 3. The van der Waals surface area contributed by atoms with Crippen LogP contribution in [0.1, 0.15) is 129 Å². The Morgan fingerprint density at radius 3 is 1.51 bits per heavy atom. The maximum Gasteiger partial charge on any atom is 0.326 e. The van der Waals surface area contributed by atoms with E-state index in [2.05, 4.69) is 16.0 Å². The van der Waals surface area contributed by atoms with E-state index in [1.165, 1.54) is 6.92 Å². The number of carbonyl (C=O) groups is 10. The van der Waals surface area contributed by atoms with Crippen LogP contribution in [0.15, 0.2) is 0 Å². The van der Waals surface area contributed by atoms with Gasteiger partial charge in [-0.3, -0.25) is 33.6 Å². The fraction of sp³-hybridized carbons (Fsp3) is 0.762. The summed E-state index contributed by atoms with van der Waals surface area (Å²) >= 11 is 0. The lowest BCUT2D eigenvalue weighted by atomic mass is 9.97. The normalized spacial score (nSPS) is 12.4. The Morgan fingerprint density at radius 1 is 0.444 bits per heavy atom. The third-order valence-corrected chi connectivity index (χ3v) is 9.40. The molecule has 0 aliphatic carbocycles. The number of hydrogen-bond acceptors (Lipinski definition) is 14. The van der Waals surface area contributed by atoms with E-state index in [1.54, 1.807) is 0 Å². The maximum absolute atomic E-state index is 12.3. The van der Waals surface area contributed by atoms with Crippen LogP contribution in [0, 0.1) is 5.92 Å². The van der Waals surface area contributed by atoms with E-state index in [-0.39, 0.29) is 135 Å². The van der Waals surface area contributed by atoms with Crippen molar-refractivity contribution in [1.29, 1.82) is 0 Å². The van der Waals surface area contributed by atoms with Crippen LogP contribution in [0.4, 0.5) is 0 Å². The first-order chi connectivity index (χ1) is 30.0. The van der Waals surface area contributed by atoms with Crippen LogP contribution in [-0.4, -0.2) is 151 Å². The van der Waals surface area contributed by atoms with Crippen LogP contribution < -0.4 is 16.0 Å². The number of carboxylic acids is 4. The number of ether oxygens (including phenoxy) is 4. The second-order valence-corrected chi connectivity index (χ2v) is 15.1. The predicted octanol–water partition coefficient (Wildman–Crippen LogP) is 2.23. The molecule has 0 fully saturated rings. The first-order valence-corrected chi connectivity index (χ1v) is 21.6. The molecule has 0 aliphatic heterocycles. The van der Waals surface area contributed by atoms with Gasteiger partial charge in [-0.15, -0.1) is 0 Å². The van der Waals surface area contributed by atoms with Crippen LogP contribution in [0.25, 0.3) is 0 Å². The Labute approximate surface area is 368 Å². The Bertz CT molecular complexity index is 1420. The summed E-state index contributed by atoms with van der Waals surface area (Å²) in [5, 5.41) is 44.1. The molecule has 63 heavy (non-hydrogen) atoms. The third kappa shape index (κ3) is 36.3. The van der Waals surface area contributed by atoms with E-state index >= 15 is 0 Å². The van der Waals surface area contributed by atoms with Gasteiger partial charge in [-0.1, -0.05) is 38.5 Å². The quantitative estimate of drug-likeness (QED) is 0.0431. The zero-order valence-electron chi connectivity index (χ0n) is 36.5. The molecule has 0 aliphatic rings. The third-order valence-electron chi connectivity index (χ3n) is 9.40. The Hall–Kier alpha value is -4.86. The standard InChI is InChI=1S/C42H69N3O18/c1-30(46)14-17-34(41(56)57)45-37(50)19-15-31(40(54)55)27-33(48)28-62-25-24-61-22-20-43-38(51)29-63-26-23-60-21-10-11-32(47)16-18-35(42(58)59)44-36(49)12-8-6-4-2-3-5-7-9-13-39(52)53/h31,34-35H,2-29H2,1H3,(H,43,51)(H,44,49)(H,45,50)(H,52,53)(H,54,55)(H,56,57)(H,58,59)/t31-,34+,35+/m1/s1. The van der Waals surface area contributed by atoms with Gasteiger partial charge in [0.1, 0.15) is 36.9 Å². The lowest BCUT2D eigenvalue weighted by Gasteiger charge is -2.15. The molecule has 0 bridgehead atoms. The van der Waals surface area contributed by atoms with Gasteiger partial charge in [0.25, 0.3) is 0 Å². The van der Waals surface area contributed by atoms with Gasteiger partial charge in [-0.2, -0.15) is 0 Å². The fourth-order valence-corrected chi connectivity index (χ4v) is 5.88. The maximum atomic E-state index is 12.3. The second-order valence-electron chi connectivity index (χ2n) is 15.1. The number of unbranched alkanes of at least 4 members (excludes halogenated alkanes) is 7. The van der Waals surface area contributed by atoms with Crippen molar-refractivity contribution in [3.8, 4) is 0 Å². The fourth-order valence-electron chi connectivity index (χ4n) is 5.88. The average Bonchev–Trinajstić information content (AvgIpc) is 3.21. The van der Waals surface area contributed by atoms with Crippen molar-refractivity contribution in [3.05, 3.63) is 0 Å². The molecule has 0 aromatic heterocycles. The number of Topliss-reactive ketones (excluding diaryl/α,β-unsaturated/α-hetero) is 3. The van der Waals surface area contributed by atoms with E-state index in [9.17, 15) is 63.3 Å². The van der Waals surface area contributed by atoms with E-state index in [1.807, 2.05) is 0 Å². The highest BCUT2D eigenvalue weighted by atomic mass is 16.5. The molecule has 3 amide bonds. The second kappa shape index (κ2) is 37.7. The van der Waals surface area contributed by atoms with Crippen molar-refractivity contribution < 1.29 is 87.3 Å². The minimum absolute atomic E-state index is 0.00210. The minimum Gasteiger partial charge on any atom is -0.481 e. The van der Waals surface area contributed by atoms with Crippen molar-refractivity contribution in [2.75, 3.05) is 59.4 Å². The van der Waals surface area contributed by atoms with Gasteiger partial charge in [0.2, 0.25) is 17.7 Å². The summed E-state index contributed by atoms with van der Waals surface area (Å²) in [7, 11) is 0. The highest BCUT2D eigenvalue weighted by molar-refractivity contribution is 5.87. The number of carbonyl (C=O) groups excluding carboxylic acids is 6. The highest BCUT2D eigenvalue weighted by Crippen LogP contribution is 2.14. The van der Waals surface area contributed by atoms with Crippen molar-refractivity contribution >= 4 is 58.9 Å². The van der Waals surface area contributed by atoms with Crippen LogP contribution in [-0.2, 0) is 66.9 Å². The summed E-state index contributed by atoms with van der Waals surface area (Å²) in [6.45, 7) is 1.66. The monoisotopic (exact) mass is 903 g/mol. The average molecular weight is 904 g/mol. The number of aliphatic carboxylic acids is 4. The molecule has 3 atom stereocenters. The van der Waals surface area contributed by atoms with Crippen molar-refractivity contribution in [2.24, 2.45) is 5.92 Å². The summed E-state index contributed by atoms with van der Waals surface area (Å²) < 4.78 is 21.2. The van der Waals surface area contributed by atoms with Gasteiger partial charge in [-0.25, -0.2) is 9.59 Å². The van der Waals surface area contributed by atoms with Gasteiger partial charge >= 0.3 is 23.9 Å². The first kappa shape index (κ1) is 58.1. The molecule has 0 aromatic rings. The molecule has 0 unspecified atom stereocenters. The summed E-state index contributed by atoms with van der Waals surface area (Å²) in [5.41, 5.74) is 0. The molecule has 360 valence electrons. The zero-order chi connectivity index (χ0) is 47.3. The molecule has 0 saturated heterocycles. The molecular formula is C42H69N3O18. The molecule has 0 saturated carbocycles. The predicted molar refractivity (Wildman–Crippen MR) is 223 cm³/mol. The summed E-state index contributed by atoms with van der Waals surface area (Å²) in [4.78, 5) is 117. The lowest BCUT2D eigenvalue weighted by Crippen LogP contribution is -2.41. The smallest absolute Gasteiger partial charge is 0.326 e. The number of rotatable bonds is 44. The number of hydrogen-bond donors (Lipinski definition) is 7. The first-order valence-electron chi connectivity index (χ1n) is 21.6. The van der Waals surface area contributed by atoms with Gasteiger partial charge in [0.05, 0.1) is 39.0 Å². The van der Waals surface area contributed by atoms with Gasteiger partial charge < -0.3 is 60.1 Å². The molecule has 0 radical (unpaired) electrons.